The van der Waals surface area contributed by atoms with Gasteiger partial charge >= 0.3 is 0 Å². The molecule has 0 radical (unpaired) electrons. The topological polar surface area (TPSA) is 101 Å². The lowest BCUT2D eigenvalue weighted by Crippen LogP contribution is -2.08. The van der Waals surface area contributed by atoms with Gasteiger partial charge in [-0.25, -0.2) is 0 Å². The highest BCUT2D eigenvalue weighted by Gasteiger charge is 2.21. The minimum atomic E-state index is -1.03. The second-order valence-corrected chi connectivity index (χ2v) is 7.44. The molecule has 3 aromatic carbocycles. The number of hydrogen-bond donors (Lipinski definition) is 1. The lowest BCUT2D eigenvalue weighted by atomic mass is 9.99. The number of aromatic nitrogens is 2. The molecule has 0 aliphatic heterocycles. The SMILES string of the molecule is CCOC(O)c1ccc(-c2nc(-c3cccc(C#N)c3OC(C)C)no2)c2ccccc12. The standard InChI is InChI=1S/C25H23N3O4/c1-4-30-25(29)20-13-12-19(17-9-5-6-10-18(17)20)24-27-23(28-32-24)21-11-7-8-16(14-26)22(21)31-15(2)3/h5-13,15,25,29H,4H2,1-3H3. The Morgan fingerprint density at radius 2 is 1.81 bits per heavy atom. The number of hydrogen-bond acceptors (Lipinski definition) is 7. The zero-order valence-electron chi connectivity index (χ0n) is 18.1. The third-order valence-corrected chi connectivity index (χ3v) is 4.93. The summed E-state index contributed by atoms with van der Waals surface area (Å²) < 4.78 is 16.9. The second kappa shape index (κ2) is 9.18. The lowest BCUT2D eigenvalue weighted by molar-refractivity contribution is -0.0969. The molecule has 4 aromatic rings. The first-order chi connectivity index (χ1) is 15.5. The van der Waals surface area contributed by atoms with Gasteiger partial charge in [0.05, 0.1) is 17.2 Å². The van der Waals surface area contributed by atoms with Crippen molar-refractivity contribution in [2.45, 2.75) is 33.2 Å². The van der Waals surface area contributed by atoms with E-state index in [1.807, 2.05) is 51.1 Å². The Kier molecular flexibility index (Phi) is 6.17. The molecule has 7 nitrogen and oxygen atoms in total. The van der Waals surface area contributed by atoms with E-state index < -0.39 is 6.29 Å². The van der Waals surface area contributed by atoms with E-state index in [0.717, 1.165) is 16.3 Å². The number of fused-ring (bicyclic) bond motifs is 1. The number of nitrogens with zero attached hydrogens (tertiary/aromatic N) is 3. The Hall–Kier alpha value is -3.73. The molecular formula is C25H23N3O4. The van der Waals surface area contributed by atoms with Gasteiger partial charge in [-0.3, -0.25) is 0 Å². The number of nitriles is 1. The first-order valence-electron chi connectivity index (χ1n) is 10.4. The summed E-state index contributed by atoms with van der Waals surface area (Å²) in [7, 11) is 0. The molecule has 0 bridgehead atoms. The summed E-state index contributed by atoms with van der Waals surface area (Å²) in [5.74, 6) is 1.08. The van der Waals surface area contributed by atoms with Gasteiger partial charge in [0.15, 0.2) is 6.29 Å². The monoisotopic (exact) mass is 429 g/mol. The van der Waals surface area contributed by atoms with Crippen molar-refractivity contribution >= 4 is 10.8 Å². The Labute approximate surface area is 185 Å². The van der Waals surface area contributed by atoms with Crippen molar-refractivity contribution in [1.82, 2.24) is 10.1 Å². The highest BCUT2D eigenvalue weighted by Crippen LogP contribution is 2.36. The molecule has 0 saturated carbocycles. The molecule has 0 aliphatic rings. The van der Waals surface area contributed by atoms with Crippen LogP contribution in [0.1, 0.15) is 38.2 Å². The quantitative estimate of drug-likeness (QED) is 0.401. The number of ether oxygens (including phenoxy) is 2. The van der Waals surface area contributed by atoms with Crippen LogP contribution in [0.15, 0.2) is 59.1 Å². The average Bonchev–Trinajstić information content (AvgIpc) is 3.28. The van der Waals surface area contributed by atoms with Crippen LogP contribution in [0.2, 0.25) is 0 Å². The minimum Gasteiger partial charge on any atom is -0.489 e. The molecule has 32 heavy (non-hydrogen) atoms. The molecule has 1 aromatic heterocycles. The molecular weight excluding hydrogens is 406 g/mol. The highest BCUT2D eigenvalue weighted by atomic mass is 16.6. The van der Waals surface area contributed by atoms with Gasteiger partial charge in [-0.15, -0.1) is 0 Å². The van der Waals surface area contributed by atoms with Crippen LogP contribution < -0.4 is 4.74 Å². The van der Waals surface area contributed by atoms with Crippen LogP contribution in [0.5, 0.6) is 5.75 Å². The van der Waals surface area contributed by atoms with E-state index in [1.54, 1.807) is 24.3 Å². The second-order valence-electron chi connectivity index (χ2n) is 7.44. The van der Waals surface area contributed by atoms with Gasteiger partial charge in [0, 0.05) is 17.7 Å². The highest BCUT2D eigenvalue weighted by molar-refractivity contribution is 5.97. The van der Waals surface area contributed by atoms with Crippen molar-refractivity contribution in [2.24, 2.45) is 0 Å². The van der Waals surface area contributed by atoms with E-state index in [1.165, 1.54) is 0 Å². The van der Waals surface area contributed by atoms with Crippen LogP contribution in [-0.2, 0) is 4.74 Å². The summed E-state index contributed by atoms with van der Waals surface area (Å²) in [6, 6.07) is 18.7. The van der Waals surface area contributed by atoms with E-state index in [9.17, 15) is 10.4 Å². The van der Waals surface area contributed by atoms with Crippen LogP contribution in [-0.4, -0.2) is 28.0 Å². The molecule has 4 rings (SSSR count). The van der Waals surface area contributed by atoms with Gasteiger partial charge in [0.25, 0.3) is 5.89 Å². The van der Waals surface area contributed by atoms with Gasteiger partial charge in [-0.05, 0) is 49.7 Å². The predicted molar refractivity (Wildman–Crippen MR) is 120 cm³/mol. The van der Waals surface area contributed by atoms with Gasteiger partial charge in [0.2, 0.25) is 5.82 Å². The molecule has 0 saturated heterocycles. The molecule has 1 atom stereocenters. The molecule has 1 unspecified atom stereocenters. The van der Waals surface area contributed by atoms with Gasteiger partial charge in [-0.1, -0.05) is 41.6 Å². The molecule has 0 aliphatic carbocycles. The first kappa shape index (κ1) is 21.5. The maximum Gasteiger partial charge on any atom is 0.258 e. The molecule has 0 fully saturated rings. The fraction of sp³-hybridized carbons (Fsp3) is 0.240. The fourth-order valence-corrected chi connectivity index (χ4v) is 3.58. The predicted octanol–water partition coefficient (Wildman–Crippen LogP) is 5.24. The summed E-state index contributed by atoms with van der Waals surface area (Å²) in [6.07, 6.45) is -1.15. The van der Waals surface area contributed by atoms with Crippen molar-refractivity contribution in [3.8, 4) is 34.7 Å². The van der Waals surface area contributed by atoms with Gasteiger partial charge < -0.3 is 19.1 Å². The zero-order chi connectivity index (χ0) is 22.7. The summed E-state index contributed by atoms with van der Waals surface area (Å²) in [6.45, 7) is 6.01. The molecule has 7 heteroatoms. The summed E-state index contributed by atoms with van der Waals surface area (Å²) in [5, 5.41) is 25.7. The van der Waals surface area contributed by atoms with E-state index in [2.05, 4.69) is 16.2 Å². The first-order valence-corrected chi connectivity index (χ1v) is 10.4. The lowest BCUT2D eigenvalue weighted by Gasteiger charge is -2.15. The minimum absolute atomic E-state index is 0.122. The third kappa shape index (κ3) is 4.06. The van der Waals surface area contributed by atoms with Crippen LogP contribution in [0.4, 0.5) is 0 Å². The van der Waals surface area contributed by atoms with E-state index in [0.29, 0.717) is 40.8 Å². The zero-order valence-corrected chi connectivity index (χ0v) is 18.1. The molecule has 1 N–H and O–H groups in total. The van der Waals surface area contributed by atoms with Crippen LogP contribution >= 0.6 is 0 Å². The maximum atomic E-state index is 10.4. The Balaban J connectivity index is 1.81. The maximum absolute atomic E-state index is 10.4. The largest absolute Gasteiger partial charge is 0.489 e. The molecule has 0 amide bonds. The van der Waals surface area contributed by atoms with Crippen molar-refractivity contribution in [2.75, 3.05) is 6.61 Å². The fourth-order valence-electron chi connectivity index (χ4n) is 3.58. The number of benzene rings is 3. The smallest absolute Gasteiger partial charge is 0.258 e. The number of rotatable bonds is 7. The molecule has 1 heterocycles. The summed E-state index contributed by atoms with van der Waals surface area (Å²) in [5.41, 5.74) is 2.39. The van der Waals surface area contributed by atoms with Crippen LogP contribution in [0, 0.1) is 11.3 Å². The average molecular weight is 429 g/mol. The Bertz CT molecular complexity index is 1290. The van der Waals surface area contributed by atoms with Crippen molar-refractivity contribution in [3.63, 3.8) is 0 Å². The summed E-state index contributed by atoms with van der Waals surface area (Å²) >= 11 is 0. The normalized spacial score (nSPS) is 12.1. The van der Waals surface area contributed by atoms with Crippen molar-refractivity contribution in [3.05, 3.63) is 65.7 Å². The Morgan fingerprint density at radius 1 is 1.03 bits per heavy atom. The molecule has 0 spiro atoms. The van der Waals surface area contributed by atoms with E-state index >= 15 is 0 Å². The Morgan fingerprint density at radius 3 is 2.53 bits per heavy atom. The third-order valence-electron chi connectivity index (χ3n) is 4.93. The van der Waals surface area contributed by atoms with Crippen molar-refractivity contribution < 1.29 is 19.1 Å². The molecule has 162 valence electrons. The van der Waals surface area contributed by atoms with Crippen molar-refractivity contribution in [1.29, 1.82) is 5.26 Å². The summed E-state index contributed by atoms with van der Waals surface area (Å²) in [4.78, 5) is 4.59. The number of aliphatic hydroxyl groups excluding tert-OH is 1. The van der Waals surface area contributed by atoms with Crippen LogP contribution in [0.3, 0.4) is 0 Å². The van der Waals surface area contributed by atoms with Crippen LogP contribution in [0.25, 0.3) is 33.6 Å². The number of aliphatic hydroxyl groups is 1. The van der Waals surface area contributed by atoms with Gasteiger partial charge in [0.1, 0.15) is 11.8 Å². The van der Waals surface area contributed by atoms with E-state index in [-0.39, 0.29) is 6.10 Å². The number of para-hydroxylation sites is 1. The van der Waals surface area contributed by atoms with Gasteiger partial charge in [-0.2, -0.15) is 10.2 Å². The van der Waals surface area contributed by atoms with E-state index in [4.69, 9.17) is 14.0 Å².